The van der Waals surface area contributed by atoms with Crippen molar-refractivity contribution in [3.63, 3.8) is 0 Å². The minimum Gasteiger partial charge on any atom is -0.343 e. The van der Waals surface area contributed by atoms with E-state index in [4.69, 9.17) is 4.98 Å². The molecule has 1 fully saturated rings. The summed E-state index contributed by atoms with van der Waals surface area (Å²) >= 11 is 0. The van der Waals surface area contributed by atoms with E-state index in [1.807, 2.05) is 35.8 Å². The normalized spacial score (nSPS) is 18.2. The minimum atomic E-state index is 0.167. The van der Waals surface area contributed by atoms with Gasteiger partial charge in [-0.1, -0.05) is 0 Å². The van der Waals surface area contributed by atoms with Crippen LogP contribution in [0.1, 0.15) is 31.3 Å². The quantitative estimate of drug-likeness (QED) is 0.869. The van der Waals surface area contributed by atoms with Crippen molar-refractivity contribution in [3.05, 3.63) is 30.1 Å². The van der Waals surface area contributed by atoms with Crippen LogP contribution in [0.3, 0.4) is 0 Å². The molecule has 1 saturated heterocycles. The molecule has 0 aliphatic carbocycles. The first kappa shape index (κ1) is 15.6. The molecule has 23 heavy (non-hydrogen) atoms. The Hall–Kier alpha value is -2.24. The molecule has 0 saturated carbocycles. The van der Waals surface area contributed by atoms with Gasteiger partial charge in [0.1, 0.15) is 11.5 Å². The van der Waals surface area contributed by atoms with E-state index in [-0.39, 0.29) is 5.91 Å². The predicted octanol–water partition coefficient (Wildman–Crippen LogP) is 1.99. The number of rotatable bonds is 3. The van der Waals surface area contributed by atoms with Crippen molar-refractivity contribution in [2.24, 2.45) is 13.0 Å². The summed E-state index contributed by atoms with van der Waals surface area (Å²) in [6.45, 7) is 5.32. The van der Waals surface area contributed by atoms with Gasteiger partial charge in [0.2, 0.25) is 5.91 Å². The third kappa shape index (κ3) is 3.41. The number of hydrogen-bond acceptors (Lipinski definition) is 4. The molecule has 0 radical (unpaired) electrons. The molecule has 0 bridgehead atoms. The lowest BCUT2D eigenvalue weighted by molar-refractivity contribution is -0.130. The van der Waals surface area contributed by atoms with E-state index in [1.54, 1.807) is 13.1 Å². The molecule has 2 aromatic rings. The first-order valence-corrected chi connectivity index (χ1v) is 8.09. The van der Waals surface area contributed by atoms with Gasteiger partial charge in [-0.25, -0.2) is 9.97 Å². The van der Waals surface area contributed by atoms with Crippen LogP contribution in [0, 0.1) is 12.8 Å². The van der Waals surface area contributed by atoms with Crippen molar-refractivity contribution in [2.75, 3.05) is 13.1 Å². The van der Waals surface area contributed by atoms with Gasteiger partial charge in [0.15, 0.2) is 0 Å². The number of nitrogens with zero attached hydrogens (tertiary/aromatic N) is 5. The lowest BCUT2D eigenvalue weighted by Gasteiger charge is -2.31. The molecule has 1 unspecified atom stereocenters. The summed E-state index contributed by atoms with van der Waals surface area (Å²) in [5.41, 5.74) is 2.81. The molecular weight excluding hydrogens is 290 g/mol. The first-order chi connectivity index (χ1) is 11.0. The maximum absolute atomic E-state index is 11.6. The molecule has 0 N–H and O–H groups in total. The Kier molecular flexibility index (Phi) is 4.41. The van der Waals surface area contributed by atoms with Gasteiger partial charge in [-0.05, 0) is 32.1 Å². The Balaban J connectivity index is 1.75. The highest BCUT2D eigenvalue weighted by atomic mass is 16.2. The van der Waals surface area contributed by atoms with E-state index in [2.05, 4.69) is 9.97 Å². The molecule has 1 aliphatic rings. The van der Waals surface area contributed by atoms with E-state index in [1.165, 1.54) is 0 Å². The predicted molar refractivity (Wildman–Crippen MR) is 87.7 cm³/mol. The molecule has 0 spiro atoms. The fourth-order valence-electron chi connectivity index (χ4n) is 3.18. The molecule has 1 amide bonds. The average Bonchev–Trinajstić information content (AvgIpc) is 2.87. The van der Waals surface area contributed by atoms with Crippen LogP contribution in [0.25, 0.3) is 11.4 Å². The Morgan fingerprint density at radius 2 is 2.17 bits per heavy atom. The minimum absolute atomic E-state index is 0.167. The second-order valence-electron chi connectivity index (χ2n) is 6.32. The summed E-state index contributed by atoms with van der Waals surface area (Å²) in [5, 5.41) is 0. The third-order valence-corrected chi connectivity index (χ3v) is 4.63. The molecule has 6 heteroatoms. The van der Waals surface area contributed by atoms with Gasteiger partial charge < -0.3 is 9.47 Å². The highest BCUT2D eigenvalue weighted by Gasteiger charge is 2.22. The largest absolute Gasteiger partial charge is 0.343 e. The topological polar surface area (TPSA) is 63.9 Å². The van der Waals surface area contributed by atoms with Crippen LogP contribution < -0.4 is 0 Å². The lowest BCUT2D eigenvalue weighted by atomic mass is 9.93. The highest BCUT2D eigenvalue weighted by molar-refractivity contribution is 5.73. The smallest absolute Gasteiger partial charge is 0.219 e. The van der Waals surface area contributed by atoms with Crippen molar-refractivity contribution in [1.29, 1.82) is 0 Å². The number of piperidine rings is 1. The Bertz CT molecular complexity index is 709. The number of hydrogen-bond donors (Lipinski definition) is 0. The summed E-state index contributed by atoms with van der Waals surface area (Å²) in [5.74, 6) is 1.59. The van der Waals surface area contributed by atoms with Gasteiger partial charge in [-0.15, -0.1) is 0 Å². The summed E-state index contributed by atoms with van der Waals surface area (Å²) in [6.07, 6.45) is 8.52. The highest BCUT2D eigenvalue weighted by Crippen LogP contribution is 2.22. The maximum Gasteiger partial charge on any atom is 0.219 e. The third-order valence-electron chi connectivity index (χ3n) is 4.63. The van der Waals surface area contributed by atoms with Crippen molar-refractivity contribution in [1.82, 2.24) is 24.4 Å². The zero-order chi connectivity index (χ0) is 16.4. The van der Waals surface area contributed by atoms with Crippen molar-refractivity contribution in [3.8, 4) is 11.4 Å². The summed E-state index contributed by atoms with van der Waals surface area (Å²) in [7, 11) is 1.98. The van der Waals surface area contributed by atoms with Gasteiger partial charge in [-0.2, -0.15) is 0 Å². The van der Waals surface area contributed by atoms with Gasteiger partial charge in [0.05, 0.1) is 23.8 Å². The van der Waals surface area contributed by atoms with E-state index < -0.39 is 0 Å². The van der Waals surface area contributed by atoms with Crippen LogP contribution >= 0.6 is 0 Å². The molecule has 0 aromatic carbocycles. The Morgan fingerprint density at radius 3 is 2.87 bits per heavy atom. The van der Waals surface area contributed by atoms with Crippen LogP contribution in [0.5, 0.6) is 0 Å². The van der Waals surface area contributed by atoms with Crippen LogP contribution in [-0.4, -0.2) is 43.4 Å². The average molecular weight is 313 g/mol. The first-order valence-electron chi connectivity index (χ1n) is 8.09. The lowest BCUT2D eigenvalue weighted by Crippen LogP contribution is -2.39. The standard InChI is InChI=1S/C17H23N5O/c1-12-19-10-17(21(12)3)16-9-18-8-15(20-16)7-14-5-4-6-22(11-14)13(2)23/h8-10,14H,4-7,11H2,1-3H3. The van der Waals surface area contributed by atoms with Crippen LogP contribution in [-0.2, 0) is 18.3 Å². The second-order valence-corrected chi connectivity index (χ2v) is 6.32. The van der Waals surface area contributed by atoms with Gasteiger partial charge >= 0.3 is 0 Å². The van der Waals surface area contributed by atoms with Crippen LogP contribution in [0.15, 0.2) is 18.6 Å². The number of amides is 1. The van der Waals surface area contributed by atoms with Gasteiger partial charge in [0.25, 0.3) is 0 Å². The zero-order valence-electron chi connectivity index (χ0n) is 14.0. The number of aromatic nitrogens is 4. The van der Waals surface area contributed by atoms with Crippen LogP contribution in [0.4, 0.5) is 0 Å². The van der Waals surface area contributed by atoms with E-state index in [0.29, 0.717) is 5.92 Å². The Labute approximate surface area is 136 Å². The van der Waals surface area contributed by atoms with Gasteiger partial charge in [-0.3, -0.25) is 9.78 Å². The monoisotopic (exact) mass is 313 g/mol. The Morgan fingerprint density at radius 1 is 1.35 bits per heavy atom. The molecular formula is C17H23N5O. The van der Waals surface area contributed by atoms with E-state index in [0.717, 1.165) is 55.3 Å². The number of imidazole rings is 1. The fraction of sp³-hybridized carbons (Fsp3) is 0.529. The summed E-state index contributed by atoms with van der Waals surface area (Å²) < 4.78 is 2.02. The molecule has 1 aliphatic heterocycles. The maximum atomic E-state index is 11.6. The zero-order valence-corrected chi connectivity index (χ0v) is 14.0. The van der Waals surface area contributed by atoms with Crippen molar-refractivity contribution in [2.45, 2.75) is 33.1 Å². The number of likely N-dealkylation sites (tertiary alicyclic amines) is 1. The molecule has 2 aromatic heterocycles. The van der Waals surface area contributed by atoms with E-state index >= 15 is 0 Å². The second kappa shape index (κ2) is 6.48. The van der Waals surface area contributed by atoms with Crippen molar-refractivity contribution < 1.29 is 4.79 Å². The molecule has 6 nitrogen and oxygen atoms in total. The molecule has 3 rings (SSSR count). The van der Waals surface area contributed by atoms with Crippen LogP contribution in [0.2, 0.25) is 0 Å². The summed E-state index contributed by atoms with van der Waals surface area (Å²) in [6, 6.07) is 0. The van der Waals surface area contributed by atoms with Crippen molar-refractivity contribution >= 4 is 5.91 Å². The fourth-order valence-corrected chi connectivity index (χ4v) is 3.18. The van der Waals surface area contributed by atoms with E-state index in [9.17, 15) is 4.79 Å². The molecule has 3 heterocycles. The summed E-state index contributed by atoms with van der Waals surface area (Å²) in [4.78, 5) is 26.9. The molecule has 1 atom stereocenters. The van der Waals surface area contributed by atoms with Gasteiger partial charge in [0, 0.05) is 33.3 Å². The number of carbonyl (C=O) groups is 1. The molecule has 122 valence electrons. The number of carbonyl (C=O) groups excluding carboxylic acids is 1. The SMILES string of the molecule is CC(=O)N1CCCC(Cc2cncc(-c3cnc(C)n3C)n2)C1. The number of aryl methyl sites for hydroxylation is 1.